The molecule has 0 saturated carbocycles. The van der Waals surface area contributed by atoms with Gasteiger partial charge >= 0.3 is 0 Å². The Morgan fingerprint density at radius 2 is 1.78 bits per heavy atom. The van der Waals surface area contributed by atoms with Gasteiger partial charge < -0.3 is 4.42 Å². The van der Waals surface area contributed by atoms with Crippen molar-refractivity contribution in [1.82, 2.24) is 4.98 Å². The van der Waals surface area contributed by atoms with Gasteiger partial charge in [0.15, 0.2) is 0 Å². The van der Waals surface area contributed by atoms with Crippen molar-refractivity contribution in [2.24, 2.45) is 0 Å². The third-order valence-corrected chi connectivity index (χ3v) is 2.99. The first-order chi connectivity index (χ1) is 8.86. The number of hydrogen-bond acceptors (Lipinski definition) is 2. The minimum atomic E-state index is 0.874. The van der Waals surface area contributed by atoms with E-state index in [1.807, 2.05) is 49.5 Å². The van der Waals surface area contributed by atoms with Crippen LogP contribution in [-0.4, -0.2) is 4.98 Å². The lowest BCUT2D eigenvalue weighted by atomic mass is 9.97. The molecule has 1 aromatic carbocycles. The van der Waals surface area contributed by atoms with E-state index in [2.05, 4.69) is 17.1 Å². The number of benzene rings is 1. The van der Waals surface area contributed by atoms with Crippen LogP contribution in [0.1, 0.15) is 5.69 Å². The number of hydrogen-bond donors (Lipinski definition) is 0. The summed E-state index contributed by atoms with van der Waals surface area (Å²) in [6.45, 7) is 2.02. The molecular weight excluding hydrogens is 222 g/mol. The van der Waals surface area contributed by atoms with Crippen molar-refractivity contribution in [3.8, 4) is 22.5 Å². The smallest absolute Gasteiger partial charge is 0.134 e. The second kappa shape index (κ2) is 4.49. The summed E-state index contributed by atoms with van der Waals surface area (Å²) >= 11 is 0. The highest BCUT2D eigenvalue weighted by molar-refractivity contribution is 5.82. The zero-order valence-corrected chi connectivity index (χ0v) is 10.1. The lowest BCUT2D eigenvalue weighted by molar-refractivity contribution is 0.582. The quantitative estimate of drug-likeness (QED) is 0.661. The fourth-order valence-electron chi connectivity index (χ4n) is 2.17. The number of nitrogens with zero attached hydrogens (tertiary/aromatic N) is 1. The topological polar surface area (TPSA) is 26.0 Å². The Hall–Kier alpha value is -2.35. The van der Waals surface area contributed by atoms with E-state index in [1.54, 1.807) is 6.26 Å². The van der Waals surface area contributed by atoms with E-state index < -0.39 is 0 Å². The molecule has 0 N–H and O–H groups in total. The van der Waals surface area contributed by atoms with Crippen LogP contribution in [0.2, 0.25) is 0 Å². The SMILES string of the molecule is Cc1nccc(-c2ccco2)c1-c1ccccc1. The standard InChI is InChI=1S/C16H13NO/c1-12-16(13-6-3-2-4-7-13)14(9-10-17-12)15-8-5-11-18-15/h2-11H,1H3. The average Bonchev–Trinajstić information content (AvgIpc) is 2.93. The molecular formula is C16H13NO. The van der Waals surface area contributed by atoms with Crippen LogP contribution in [0.3, 0.4) is 0 Å². The number of rotatable bonds is 2. The first kappa shape index (κ1) is 10.8. The molecule has 0 bridgehead atoms. The summed E-state index contributed by atoms with van der Waals surface area (Å²) in [6.07, 6.45) is 3.51. The van der Waals surface area contributed by atoms with E-state index >= 15 is 0 Å². The number of pyridine rings is 1. The second-order valence-corrected chi connectivity index (χ2v) is 4.16. The summed E-state index contributed by atoms with van der Waals surface area (Å²) in [7, 11) is 0. The Balaban J connectivity index is 2.25. The first-order valence-corrected chi connectivity index (χ1v) is 5.91. The van der Waals surface area contributed by atoms with Gasteiger partial charge in [0.05, 0.1) is 6.26 Å². The molecule has 0 aliphatic heterocycles. The largest absolute Gasteiger partial charge is 0.464 e. The van der Waals surface area contributed by atoms with Gasteiger partial charge in [0.25, 0.3) is 0 Å². The van der Waals surface area contributed by atoms with Crippen LogP contribution >= 0.6 is 0 Å². The molecule has 18 heavy (non-hydrogen) atoms. The minimum Gasteiger partial charge on any atom is -0.464 e. The molecule has 0 aliphatic carbocycles. The molecule has 2 heteroatoms. The van der Waals surface area contributed by atoms with E-state index in [0.29, 0.717) is 0 Å². The van der Waals surface area contributed by atoms with Gasteiger partial charge in [0.2, 0.25) is 0 Å². The molecule has 3 rings (SSSR count). The molecule has 2 nitrogen and oxygen atoms in total. The number of aromatic nitrogens is 1. The Labute approximate surface area is 106 Å². The van der Waals surface area contributed by atoms with Gasteiger partial charge in [-0.15, -0.1) is 0 Å². The van der Waals surface area contributed by atoms with E-state index in [9.17, 15) is 0 Å². The molecule has 0 unspecified atom stereocenters. The van der Waals surface area contributed by atoms with Gasteiger partial charge in [-0.05, 0) is 30.7 Å². The van der Waals surface area contributed by atoms with Gasteiger partial charge in [-0.25, -0.2) is 0 Å². The van der Waals surface area contributed by atoms with Gasteiger partial charge in [-0.1, -0.05) is 30.3 Å². The molecule has 0 saturated heterocycles. The van der Waals surface area contributed by atoms with E-state index in [1.165, 1.54) is 0 Å². The number of furan rings is 1. The summed E-state index contributed by atoms with van der Waals surface area (Å²) in [4.78, 5) is 4.38. The Morgan fingerprint density at radius 3 is 2.50 bits per heavy atom. The van der Waals surface area contributed by atoms with Crippen molar-refractivity contribution in [1.29, 1.82) is 0 Å². The van der Waals surface area contributed by atoms with E-state index in [0.717, 1.165) is 28.1 Å². The zero-order chi connectivity index (χ0) is 12.4. The fraction of sp³-hybridized carbons (Fsp3) is 0.0625. The van der Waals surface area contributed by atoms with Crippen LogP contribution in [0.25, 0.3) is 22.5 Å². The van der Waals surface area contributed by atoms with Crippen molar-refractivity contribution >= 4 is 0 Å². The lowest BCUT2D eigenvalue weighted by Crippen LogP contribution is -1.91. The second-order valence-electron chi connectivity index (χ2n) is 4.16. The molecule has 0 amide bonds. The summed E-state index contributed by atoms with van der Waals surface area (Å²) < 4.78 is 5.51. The third-order valence-electron chi connectivity index (χ3n) is 2.99. The van der Waals surface area contributed by atoms with Crippen molar-refractivity contribution in [2.45, 2.75) is 6.92 Å². The third kappa shape index (κ3) is 1.82. The van der Waals surface area contributed by atoms with Crippen molar-refractivity contribution in [3.05, 3.63) is 66.7 Å². The van der Waals surface area contributed by atoms with Crippen LogP contribution in [0, 0.1) is 6.92 Å². The van der Waals surface area contributed by atoms with Crippen LogP contribution in [0.4, 0.5) is 0 Å². The maximum atomic E-state index is 5.51. The Kier molecular flexibility index (Phi) is 2.69. The zero-order valence-electron chi connectivity index (χ0n) is 10.1. The van der Waals surface area contributed by atoms with Crippen molar-refractivity contribution in [2.75, 3.05) is 0 Å². The molecule has 2 aromatic heterocycles. The van der Waals surface area contributed by atoms with E-state index in [-0.39, 0.29) is 0 Å². The molecule has 88 valence electrons. The van der Waals surface area contributed by atoms with Gasteiger partial charge in [0, 0.05) is 23.0 Å². The highest BCUT2D eigenvalue weighted by Crippen LogP contribution is 2.33. The van der Waals surface area contributed by atoms with Gasteiger partial charge in [-0.3, -0.25) is 4.98 Å². The maximum absolute atomic E-state index is 5.51. The lowest BCUT2D eigenvalue weighted by Gasteiger charge is -2.10. The predicted octanol–water partition coefficient (Wildman–Crippen LogP) is 4.32. The van der Waals surface area contributed by atoms with Crippen molar-refractivity contribution < 1.29 is 4.42 Å². The van der Waals surface area contributed by atoms with E-state index in [4.69, 9.17) is 4.42 Å². The molecule has 0 radical (unpaired) electrons. The van der Waals surface area contributed by atoms with Gasteiger partial charge in [0.1, 0.15) is 5.76 Å². The summed E-state index contributed by atoms with van der Waals surface area (Å²) in [6, 6.07) is 16.1. The predicted molar refractivity (Wildman–Crippen MR) is 72.1 cm³/mol. The monoisotopic (exact) mass is 235 g/mol. The average molecular weight is 235 g/mol. The summed E-state index contributed by atoms with van der Waals surface area (Å²) in [5.74, 6) is 0.874. The normalized spacial score (nSPS) is 10.5. The molecule has 2 heterocycles. The Morgan fingerprint density at radius 1 is 0.944 bits per heavy atom. The molecule has 3 aromatic rings. The summed E-state index contributed by atoms with van der Waals surface area (Å²) in [5, 5.41) is 0. The number of aryl methyl sites for hydroxylation is 1. The van der Waals surface area contributed by atoms with Crippen molar-refractivity contribution in [3.63, 3.8) is 0 Å². The molecule has 0 atom stereocenters. The first-order valence-electron chi connectivity index (χ1n) is 5.91. The minimum absolute atomic E-state index is 0.874. The van der Waals surface area contributed by atoms with Crippen LogP contribution in [0.15, 0.2) is 65.4 Å². The maximum Gasteiger partial charge on any atom is 0.134 e. The fourth-order valence-corrected chi connectivity index (χ4v) is 2.17. The highest BCUT2D eigenvalue weighted by atomic mass is 16.3. The molecule has 0 spiro atoms. The van der Waals surface area contributed by atoms with Crippen LogP contribution in [-0.2, 0) is 0 Å². The molecule has 0 aliphatic rings. The van der Waals surface area contributed by atoms with Crippen LogP contribution in [0.5, 0.6) is 0 Å². The van der Waals surface area contributed by atoms with Gasteiger partial charge in [-0.2, -0.15) is 0 Å². The molecule has 0 fully saturated rings. The van der Waals surface area contributed by atoms with Crippen LogP contribution < -0.4 is 0 Å². The highest BCUT2D eigenvalue weighted by Gasteiger charge is 2.12. The Bertz CT molecular complexity index is 642. The summed E-state index contributed by atoms with van der Waals surface area (Å²) in [5.41, 5.74) is 4.39.